The van der Waals surface area contributed by atoms with Gasteiger partial charge >= 0.3 is 0 Å². The van der Waals surface area contributed by atoms with Crippen LogP contribution in [0, 0.1) is 6.92 Å². The smallest absolute Gasteiger partial charge is 0.247 e. The Morgan fingerprint density at radius 3 is 2.82 bits per heavy atom. The Kier molecular flexibility index (Phi) is 7.60. The minimum absolute atomic E-state index is 0.0430. The van der Waals surface area contributed by atoms with E-state index in [1.165, 1.54) is 31.4 Å². The Bertz CT molecular complexity index is 741. The number of carbonyl (C=O) groups is 1. The average Bonchev–Trinajstić information content (AvgIpc) is 3.17. The number of rotatable bonds is 9. The largest absolute Gasteiger partial charge is 0.421 e. The van der Waals surface area contributed by atoms with E-state index in [4.69, 9.17) is 4.42 Å². The van der Waals surface area contributed by atoms with Gasteiger partial charge in [0.25, 0.3) is 0 Å². The highest BCUT2D eigenvalue weighted by Gasteiger charge is 2.17. The van der Waals surface area contributed by atoms with Crippen LogP contribution in [0.25, 0.3) is 11.5 Å². The minimum atomic E-state index is 0.0430. The number of hydrogen-bond acceptors (Lipinski definition) is 5. The summed E-state index contributed by atoms with van der Waals surface area (Å²) >= 11 is 0. The second-order valence-electron chi connectivity index (χ2n) is 7.80. The van der Waals surface area contributed by atoms with Gasteiger partial charge in [0.1, 0.15) is 0 Å². The van der Waals surface area contributed by atoms with Crippen LogP contribution in [0.5, 0.6) is 0 Å². The summed E-state index contributed by atoms with van der Waals surface area (Å²) in [6.45, 7) is 7.46. The Balaban J connectivity index is 1.31. The maximum atomic E-state index is 12.0. The summed E-state index contributed by atoms with van der Waals surface area (Å²) in [5.41, 5.74) is 2.09. The first-order valence-corrected chi connectivity index (χ1v) is 10.5. The molecule has 1 amide bonds. The second kappa shape index (κ2) is 10.4. The molecule has 1 N–H and O–H groups in total. The van der Waals surface area contributed by atoms with Crippen LogP contribution in [0.4, 0.5) is 0 Å². The third kappa shape index (κ3) is 6.16. The van der Waals surface area contributed by atoms with Crippen molar-refractivity contribution in [1.82, 2.24) is 20.4 Å². The van der Waals surface area contributed by atoms with E-state index in [-0.39, 0.29) is 5.91 Å². The molecule has 1 atom stereocenters. The fraction of sp³-hybridized carbons (Fsp3) is 0.591. The highest BCUT2D eigenvalue weighted by atomic mass is 16.4. The van der Waals surface area contributed by atoms with E-state index in [0.29, 0.717) is 30.7 Å². The van der Waals surface area contributed by atoms with Gasteiger partial charge in [0.05, 0.1) is 0 Å². The van der Waals surface area contributed by atoms with Gasteiger partial charge < -0.3 is 14.6 Å². The fourth-order valence-electron chi connectivity index (χ4n) is 3.63. The molecule has 1 fully saturated rings. The van der Waals surface area contributed by atoms with Gasteiger partial charge in [-0.1, -0.05) is 24.1 Å². The van der Waals surface area contributed by atoms with Crippen molar-refractivity contribution in [1.29, 1.82) is 0 Å². The van der Waals surface area contributed by atoms with Crippen molar-refractivity contribution in [2.75, 3.05) is 19.6 Å². The number of aromatic nitrogens is 2. The van der Waals surface area contributed by atoms with E-state index >= 15 is 0 Å². The van der Waals surface area contributed by atoms with Gasteiger partial charge in [0.2, 0.25) is 17.7 Å². The van der Waals surface area contributed by atoms with Crippen LogP contribution in [-0.4, -0.2) is 46.7 Å². The van der Waals surface area contributed by atoms with Gasteiger partial charge in [0.15, 0.2) is 0 Å². The first-order valence-electron chi connectivity index (χ1n) is 10.5. The topological polar surface area (TPSA) is 71.3 Å². The molecule has 3 rings (SSSR count). The molecule has 28 heavy (non-hydrogen) atoms. The third-order valence-electron chi connectivity index (χ3n) is 5.47. The molecule has 1 aromatic heterocycles. The Morgan fingerprint density at radius 2 is 2.04 bits per heavy atom. The first-order chi connectivity index (χ1) is 13.6. The van der Waals surface area contributed by atoms with Gasteiger partial charge in [-0.25, -0.2) is 0 Å². The molecule has 2 aromatic rings. The van der Waals surface area contributed by atoms with E-state index < -0.39 is 0 Å². The number of unbranched alkanes of at least 4 members (excludes halogenated alkanes) is 1. The molecule has 2 heterocycles. The Labute approximate surface area is 167 Å². The van der Waals surface area contributed by atoms with Gasteiger partial charge in [-0.3, -0.25) is 4.79 Å². The third-order valence-corrected chi connectivity index (χ3v) is 5.47. The molecular formula is C22H32N4O2. The van der Waals surface area contributed by atoms with Crippen molar-refractivity contribution in [3.05, 3.63) is 35.7 Å². The summed E-state index contributed by atoms with van der Waals surface area (Å²) < 4.78 is 5.67. The van der Waals surface area contributed by atoms with E-state index in [2.05, 4.69) is 27.3 Å². The molecule has 152 valence electrons. The highest BCUT2D eigenvalue weighted by molar-refractivity contribution is 5.75. The molecule has 0 bridgehead atoms. The standard InChI is InChI=1S/C22H32N4O2/c1-17-8-10-19(11-9-17)22-25-24-21(28-22)13-12-20(27)23-14-4-6-16-26-15-5-3-7-18(26)2/h8-11,18H,3-7,12-16H2,1-2H3,(H,23,27). The molecule has 0 aliphatic carbocycles. The first kappa shape index (κ1) is 20.5. The maximum Gasteiger partial charge on any atom is 0.247 e. The maximum absolute atomic E-state index is 12.0. The monoisotopic (exact) mass is 384 g/mol. The van der Waals surface area contributed by atoms with Crippen LogP contribution in [0.1, 0.15) is 56.9 Å². The quantitative estimate of drug-likeness (QED) is 0.667. The van der Waals surface area contributed by atoms with Crippen LogP contribution < -0.4 is 5.32 Å². The average molecular weight is 385 g/mol. The number of carbonyl (C=O) groups excluding carboxylic acids is 1. The van der Waals surface area contributed by atoms with E-state index in [9.17, 15) is 4.79 Å². The normalized spacial score (nSPS) is 17.6. The zero-order chi connectivity index (χ0) is 19.8. The van der Waals surface area contributed by atoms with Crippen LogP contribution in [0.2, 0.25) is 0 Å². The summed E-state index contributed by atoms with van der Waals surface area (Å²) in [6.07, 6.45) is 7.00. The van der Waals surface area contributed by atoms with Crippen LogP contribution in [0.15, 0.2) is 28.7 Å². The summed E-state index contributed by atoms with van der Waals surface area (Å²) in [7, 11) is 0. The molecule has 6 heteroatoms. The lowest BCUT2D eigenvalue weighted by molar-refractivity contribution is -0.121. The Morgan fingerprint density at radius 1 is 1.21 bits per heavy atom. The number of nitrogens with one attached hydrogen (secondary N) is 1. The molecule has 0 spiro atoms. The lowest BCUT2D eigenvalue weighted by Crippen LogP contribution is -2.38. The summed E-state index contributed by atoms with van der Waals surface area (Å²) in [4.78, 5) is 14.6. The number of aryl methyl sites for hydroxylation is 2. The van der Waals surface area contributed by atoms with Crippen molar-refractivity contribution in [2.24, 2.45) is 0 Å². The zero-order valence-electron chi connectivity index (χ0n) is 17.1. The van der Waals surface area contributed by atoms with Crippen molar-refractivity contribution < 1.29 is 9.21 Å². The molecule has 1 aliphatic heterocycles. The predicted octanol–water partition coefficient (Wildman–Crippen LogP) is 3.75. The van der Waals surface area contributed by atoms with Gasteiger partial charge in [0, 0.05) is 31.0 Å². The number of amides is 1. The number of nitrogens with zero attached hydrogens (tertiary/aromatic N) is 3. The number of benzene rings is 1. The molecule has 6 nitrogen and oxygen atoms in total. The number of likely N-dealkylation sites (tertiary alicyclic amines) is 1. The SMILES string of the molecule is Cc1ccc(-c2nnc(CCC(=O)NCCCCN3CCCCC3C)o2)cc1. The summed E-state index contributed by atoms with van der Waals surface area (Å²) in [5.74, 6) is 1.05. The van der Waals surface area contributed by atoms with Crippen molar-refractivity contribution in [3.8, 4) is 11.5 Å². The van der Waals surface area contributed by atoms with Crippen LogP contribution in [0.3, 0.4) is 0 Å². The number of piperidine rings is 1. The van der Waals surface area contributed by atoms with Crippen molar-refractivity contribution in [2.45, 2.75) is 64.8 Å². The highest BCUT2D eigenvalue weighted by Crippen LogP contribution is 2.19. The van der Waals surface area contributed by atoms with Gasteiger partial charge in [-0.15, -0.1) is 10.2 Å². The molecule has 0 saturated carbocycles. The second-order valence-corrected chi connectivity index (χ2v) is 7.80. The molecule has 0 radical (unpaired) electrons. The van der Waals surface area contributed by atoms with Crippen molar-refractivity contribution >= 4 is 5.91 Å². The summed E-state index contributed by atoms with van der Waals surface area (Å²) in [6, 6.07) is 8.66. The molecule has 1 saturated heterocycles. The molecule has 1 aliphatic rings. The van der Waals surface area contributed by atoms with E-state index in [1.54, 1.807) is 0 Å². The van der Waals surface area contributed by atoms with E-state index in [1.807, 2.05) is 31.2 Å². The van der Waals surface area contributed by atoms with Gasteiger partial charge in [-0.05, 0) is 64.8 Å². The van der Waals surface area contributed by atoms with Crippen LogP contribution >= 0.6 is 0 Å². The van der Waals surface area contributed by atoms with Crippen LogP contribution in [-0.2, 0) is 11.2 Å². The minimum Gasteiger partial charge on any atom is -0.421 e. The molecule has 1 aromatic carbocycles. The molecule has 1 unspecified atom stereocenters. The summed E-state index contributed by atoms with van der Waals surface area (Å²) in [5, 5.41) is 11.1. The zero-order valence-corrected chi connectivity index (χ0v) is 17.1. The lowest BCUT2D eigenvalue weighted by Gasteiger charge is -2.33. The fourth-order valence-corrected chi connectivity index (χ4v) is 3.63. The Hall–Kier alpha value is -2.21. The number of hydrogen-bond donors (Lipinski definition) is 1. The van der Waals surface area contributed by atoms with Crippen molar-refractivity contribution in [3.63, 3.8) is 0 Å². The predicted molar refractivity (Wildman–Crippen MR) is 110 cm³/mol. The van der Waals surface area contributed by atoms with E-state index in [0.717, 1.165) is 31.5 Å². The van der Waals surface area contributed by atoms with Gasteiger partial charge in [-0.2, -0.15) is 0 Å². The lowest BCUT2D eigenvalue weighted by atomic mass is 10.0. The molecular weight excluding hydrogens is 352 g/mol.